The topological polar surface area (TPSA) is 67.8 Å². The van der Waals surface area contributed by atoms with Gasteiger partial charge in [0.1, 0.15) is 0 Å². The summed E-state index contributed by atoms with van der Waals surface area (Å²) < 4.78 is 0. The van der Waals surface area contributed by atoms with E-state index in [1.165, 1.54) is 0 Å². The van der Waals surface area contributed by atoms with E-state index < -0.39 is 0 Å². The fourth-order valence-corrected chi connectivity index (χ4v) is 2.01. The van der Waals surface area contributed by atoms with Gasteiger partial charge in [-0.25, -0.2) is 0 Å². The van der Waals surface area contributed by atoms with Crippen LogP contribution in [0.3, 0.4) is 0 Å². The first kappa shape index (κ1) is 19.0. The molecule has 0 aromatic heterocycles. The highest BCUT2D eigenvalue weighted by atomic mass is 16.1. The van der Waals surface area contributed by atoms with Crippen LogP contribution in [0.15, 0.2) is 44.2 Å². The average Bonchev–Trinajstić information content (AvgIpc) is 2.46. The Kier molecular flexibility index (Phi) is 8.21. The zero-order valence-corrected chi connectivity index (χ0v) is 14.1. The van der Waals surface area contributed by atoms with E-state index in [4.69, 9.17) is 5.73 Å². The van der Waals surface area contributed by atoms with Crippen molar-refractivity contribution in [3.63, 3.8) is 0 Å². The van der Waals surface area contributed by atoms with Crippen molar-refractivity contribution >= 4 is 18.2 Å². The average molecular weight is 289 g/mol. The first-order valence-electron chi connectivity index (χ1n) is 7.15. The minimum absolute atomic E-state index is 0.0557. The lowest BCUT2D eigenvalue weighted by atomic mass is 9.97. The van der Waals surface area contributed by atoms with Crippen LogP contribution >= 0.6 is 0 Å². The van der Waals surface area contributed by atoms with Gasteiger partial charge >= 0.3 is 0 Å². The molecule has 0 aliphatic heterocycles. The molecule has 4 nitrogen and oxygen atoms in total. The molecule has 0 saturated carbocycles. The fourth-order valence-electron chi connectivity index (χ4n) is 2.01. The van der Waals surface area contributed by atoms with Crippen molar-refractivity contribution in [2.45, 2.75) is 47.5 Å². The van der Waals surface area contributed by atoms with Crippen LogP contribution in [0.1, 0.15) is 47.5 Å². The van der Waals surface area contributed by atoms with Crippen LogP contribution in [-0.2, 0) is 4.79 Å². The number of hydrogen-bond donors (Lipinski definition) is 1. The summed E-state index contributed by atoms with van der Waals surface area (Å²) in [5.74, 6) is 0.0557. The molecule has 0 fully saturated rings. The highest BCUT2D eigenvalue weighted by molar-refractivity contribution is 6.13. The van der Waals surface area contributed by atoms with Crippen molar-refractivity contribution in [2.75, 3.05) is 7.05 Å². The summed E-state index contributed by atoms with van der Waals surface area (Å²) in [6.45, 7) is 13.0. The van der Waals surface area contributed by atoms with Crippen molar-refractivity contribution in [1.29, 1.82) is 0 Å². The van der Waals surface area contributed by atoms with Gasteiger partial charge in [0.25, 0.3) is 0 Å². The third-order valence-corrected chi connectivity index (χ3v) is 3.36. The van der Waals surface area contributed by atoms with Gasteiger partial charge in [0, 0.05) is 24.7 Å². The number of Topliss-reactive ketones (excluding diaryl/α,β-unsaturated/α-hetero) is 1. The summed E-state index contributed by atoms with van der Waals surface area (Å²) in [5.41, 5.74) is 10.5. The molecule has 0 bridgehead atoms. The minimum atomic E-state index is 0.0557. The Morgan fingerprint density at radius 1 is 1.19 bits per heavy atom. The Morgan fingerprint density at radius 3 is 2.10 bits per heavy atom. The molecule has 0 heterocycles. The van der Waals surface area contributed by atoms with Gasteiger partial charge in [-0.2, -0.15) is 0 Å². The number of carbonyl (C=O) groups excluding carboxylic acids is 1. The summed E-state index contributed by atoms with van der Waals surface area (Å²) in [4.78, 5) is 20.4. The second kappa shape index (κ2) is 9.06. The monoisotopic (exact) mass is 289 g/mol. The molecule has 4 heteroatoms. The Balaban J connectivity index is 6.02. The molecular weight excluding hydrogens is 262 g/mol. The summed E-state index contributed by atoms with van der Waals surface area (Å²) in [6, 6.07) is 0. The van der Waals surface area contributed by atoms with Crippen LogP contribution in [0, 0.1) is 0 Å². The molecular formula is C17H27N3O. The highest BCUT2D eigenvalue weighted by Crippen LogP contribution is 2.18. The molecule has 2 N–H and O–H groups in total. The van der Waals surface area contributed by atoms with Gasteiger partial charge in [-0.05, 0) is 51.1 Å². The highest BCUT2D eigenvalue weighted by Gasteiger charge is 2.13. The number of aliphatic imine (C=N–C) groups is 2. The molecule has 0 rings (SSSR count). The lowest BCUT2D eigenvalue weighted by Gasteiger charge is -2.11. The smallest absolute Gasteiger partial charge is 0.164 e. The van der Waals surface area contributed by atoms with Gasteiger partial charge in [-0.15, -0.1) is 0 Å². The van der Waals surface area contributed by atoms with Crippen LogP contribution in [-0.4, -0.2) is 25.3 Å². The lowest BCUT2D eigenvalue weighted by molar-refractivity contribution is -0.115. The van der Waals surface area contributed by atoms with Gasteiger partial charge in [-0.3, -0.25) is 14.8 Å². The maximum Gasteiger partial charge on any atom is 0.164 e. The Bertz CT molecular complexity index is 530. The van der Waals surface area contributed by atoms with Crippen molar-refractivity contribution in [2.24, 2.45) is 15.7 Å². The first-order chi connectivity index (χ1) is 9.83. The van der Waals surface area contributed by atoms with E-state index in [1.807, 2.05) is 40.7 Å². The third kappa shape index (κ3) is 5.14. The van der Waals surface area contributed by atoms with E-state index >= 15 is 0 Å². The van der Waals surface area contributed by atoms with Crippen LogP contribution in [0.5, 0.6) is 0 Å². The molecule has 21 heavy (non-hydrogen) atoms. The molecule has 0 aromatic carbocycles. The largest absolute Gasteiger partial charge is 0.402 e. The molecule has 0 unspecified atom stereocenters. The second-order valence-corrected chi connectivity index (χ2v) is 4.86. The number of allylic oxidation sites excluding steroid dienone is 6. The Morgan fingerprint density at radius 2 is 1.76 bits per heavy atom. The fraction of sp³-hybridized carbons (Fsp3) is 0.471. The number of nitrogens with two attached hydrogens (primary N) is 1. The molecule has 0 amide bonds. The lowest BCUT2D eigenvalue weighted by Crippen LogP contribution is -2.10. The van der Waals surface area contributed by atoms with Gasteiger partial charge in [0.2, 0.25) is 0 Å². The van der Waals surface area contributed by atoms with E-state index in [0.29, 0.717) is 29.8 Å². The molecule has 0 aromatic rings. The van der Waals surface area contributed by atoms with Gasteiger partial charge in [-0.1, -0.05) is 13.8 Å². The summed E-state index contributed by atoms with van der Waals surface area (Å²) in [7, 11) is 1.72. The maximum atomic E-state index is 12.2. The van der Waals surface area contributed by atoms with Crippen molar-refractivity contribution in [1.82, 2.24) is 0 Å². The third-order valence-electron chi connectivity index (χ3n) is 3.36. The standard InChI is InChI=1S/C17H27N3O/c1-8-15(19-6)14(16(21)9-2)10-11(3)17(20-7)12(4)13(5)18/h10H,6,8-9,18H2,1-5,7H3/b11-10+,13-12+,15-14+,20-17?. The molecule has 0 spiro atoms. The van der Waals surface area contributed by atoms with E-state index in [9.17, 15) is 4.79 Å². The predicted octanol–water partition coefficient (Wildman–Crippen LogP) is 3.60. The normalized spacial score (nSPS) is 15.3. The van der Waals surface area contributed by atoms with Gasteiger partial charge in [0.15, 0.2) is 5.78 Å². The number of rotatable bonds is 7. The Hall–Kier alpha value is -1.97. The summed E-state index contributed by atoms with van der Waals surface area (Å²) >= 11 is 0. The van der Waals surface area contributed by atoms with E-state index in [-0.39, 0.29) is 5.78 Å². The minimum Gasteiger partial charge on any atom is -0.402 e. The predicted molar refractivity (Wildman–Crippen MR) is 91.8 cm³/mol. The van der Waals surface area contributed by atoms with Crippen LogP contribution < -0.4 is 5.73 Å². The van der Waals surface area contributed by atoms with Crippen molar-refractivity contribution in [3.8, 4) is 0 Å². The molecule has 0 atom stereocenters. The molecule has 0 aliphatic rings. The van der Waals surface area contributed by atoms with Crippen molar-refractivity contribution in [3.05, 3.63) is 34.2 Å². The van der Waals surface area contributed by atoms with Crippen LogP contribution in [0.4, 0.5) is 0 Å². The zero-order chi connectivity index (χ0) is 16.6. The van der Waals surface area contributed by atoms with E-state index in [1.54, 1.807) is 7.05 Å². The summed E-state index contributed by atoms with van der Waals surface area (Å²) in [6.07, 6.45) is 2.94. The van der Waals surface area contributed by atoms with Crippen molar-refractivity contribution < 1.29 is 4.79 Å². The SMILES string of the molecule is C=N/C(CC)=C(\C=C(/C)C(=NC)/C(C)=C(\C)N)C(=O)CC. The van der Waals surface area contributed by atoms with Gasteiger partial charge < -0.3 is 5.73 Å². The molecule has 0 radical (unpaired) electrons. The number of ketones is 1. The zero-order valence-electron chi connectivity index (χ0n) is 14.1. The quantitative estimate of drug-likeness (QED) is 0.442. The van der Waals surface area contributed by atoms with Crippen LogP contribution in [0.25, 0.3) is 0 Å². The number of nitrogens with zero attached hydrogens (tertiary/aromatic N) is 2. The first-order valence-corrected chi connectivity index (χ1v) is 7.15. The molecule has 0 saturated heterocycles. The second-order valence-electron chi connectivity index (χ2n) is 4.86. The Labute approximate surface area is 128 Å². The maximum absolute atomic E-state index is 12.2. The number of hydrogen-bond acceptors (Lipinski definition) is 4. The van der Waals surface area contributed by atoms with Crippen LogP contribution in [0.2, 0.25) is 0 Å². The van der Waals surface area contributed by atoms with Gasteiger partial charge in [0.05, 0.1) is 11.4 Å². The molecule has 116 valence electrons. The van der Waals surface area contributed by atoms with E-state index in [2.05, 4.69) is 16.7 Å². The van der Waals surface area contributed by atoms with E-state index in [0.717, 1.165) is 16.9 Å². The summed E-state index contributed by atoms with van der Waals surface area (Å²) in [5, 5.41) is 0. The molecule has 0 aliphatic carbocycles. The number of carbonyl (C=O) groups is 1.